The number of hydrogen-bond donors (Lipinski definition) is 1. The predicted molar refractivity (Wildman–Crippen MR) is 196 cm³/mol. The second kappa shape index (κ2) is 11.9. The van der Waals surface area contributed by atoms with Crippen molar-refractivity contribution in [2.24, 2.45) is 10.9 Å². The summed E-state index contributed by atoms with van der Waals surface area (Å²) < 4.78 is 13.9. The molecule has 0 amide bonds. The maximum absolute atomic E-state index is 13.9. The van der Waals surface area contributed by atoms with Crippen LogP contribution in [0.5, 0.6) is 0 Å². The third-order valence-electron chi connectivity index (χ3n) is 9.50. The second-order valence-electron chi connectivity index (χ2n) is 12.8. The minimum Gasteiger partial charge on any atom is -0.256 e. The molecule has 1 aliphatic carbocycles. The fourth-order valence-corrected chi connectivity index (χ4v) is 6.81. The van der Waals surface area contributed by atoms with E-state index < -0.39 is 0 Å². The molecule has 0 radical (unpaired) electrons. The zero-order valence-electron chi connectivity index (χ0n) is 26.9. The number of fused-ring (bicyclic) bond motifs is 6. The second-order valence-corrected chi connectivity index (χ2v) is 12.8. The lowest BCUT2D eigenvalue weighted by molar-refractivity contribution is 0.617. The molecule has 3 heterocycles. The van der Waals surface area contributed by atoms with E-state index in [0.29, 0.717) is 11.7 Å². The maximum Gasteiger partial charge on any atom is 0.160 e. The third-order valence-corrected chi connectivity index (χ3v) is 9.50. The molecule has 5 nitrogen and oxygen atoms in total. The Labute approximate surface area is 284 Å². The van der Waals surface area contributed by atoms with Crippen LogP contribution in [0.4, 0.5) is 10.1 Å². The lowest BCUT2D eigenvalue weighted by atomic mass is 9.93. The van der Waals surface area contributed by atoms with Gasteiger partial charge >= 0.3 is 0 Å². The summed E-state index contributed by atoms with van der Waals surface area (Å²) >= 11 is 0. The standard InChI is InChI=1S/C43H32FN5/c1-27-10-12-28(13-11-27)29-14-18-32(19-15-29)41-45-38(26-39(46-41)31-22-24-34(44)25-23-31)30-16-20-33(21-17-30)42-47-43-37-8-3-2-6-35(37)36-7-4-5-9-40(36)49(43)48-42/h2-10,12-27,42,48H,11H2,1H3. The number of hydrazine groups is 1. The van der Waals surface area contributed by atoms with E-state index in [1.54, 1.807) is 12.1 Å². The van der Waals surface area contributed by atoms with Crippen molar-refractivity contribution in [1.29, 1.82) is 0 Å². The highest BCUT2D eigenvalue weighted by atomic mass is 19.1. The quantitative estimate of drug-likeness (QED) is 0.204. The summed E-state index contributed by atoms with van der Waals surface area (Å²) in [5.41, 5.74) is 15.9. The summed E-state index contributed by atoms with van der Waals surface area (Å²) in [5, 5.41) is 2.11. The predicted octanol–water partition coefficient (Wildman–Crippen LogP) is 10.0. The van der Waals surface area contributed by atoms with E-state index in [0.717, 1.165) is 57.1 Å². The number of halogens is 1. The smallest absolute Gasteiger partial charge is 0.160 e. The van der Waals surface area contributed by atoms with Crippen LogP contribution < -0.4 is 10.4 Å². The van der Waals surface area contributed by atoms with Crippen molar-refractivity contribution in [2.45, 2.75) is 19.5 Å². The molecule has 2 aliphatic heterocycles. The van der Waals surface area contributed by atoms with E-state index in [1.165, 1.54) is 34.4 Å². The summed E-state index contributed by atoms with van der Waals surface area (Å²) in [6.45, 7) is 2.23. The van der Waals surface area contributed by atoms with Crippen molar-refractivity contribution in [3.63, 3.8) is 0 Å². The molecule has 5 aromatic carbocycles. The van der Waals surface area contributed by atoms with E-state index >= 15 is 0 Å². The van der Waals surface area contributed by atoms with Crippen LogP contribution in [0.15, 0.2) is 151 Å². The van der Waals surface area contributed by atoms with E-state index in [1.807, 2.05) is 6.07 Å². The van der Waals surface area contributed by atoms with Crippen molar-refractivity contribution in [3.05, 3.63) is 168 Å². The van der Waals surface area contributed by atoms with E-state index in [9.17, 15) is 4.39 Å². The zero-order valence-corrected chi connectivity index (χ0v) is 26.9. The van der Waals surface area contributed by atoms with E-state index in [4.69, 9.17) is 15.0 Å². The molecule has 1 aromatic heterocycles. The fraction of sp³-hybridized carbons (Fsp3) is 0.0930. The van der Waals surface area contributed by atoms with Crippen LogP contribution in [-0.2, 0) is 0 Å². The van der Waals surface area contributed by atoms with Crippen LogP contribution >= 0.6 is 0 Å². The zero-order chi connectivity index (χ0) is 32.9. The van der Waals surface area contributed by atoms with Crippen LogP contribution in [0.1, 0.15) is 36.2 Å². The molecule has 0 fully saturated rings. The molecule has 2 unspecified atom stereocenters. The number of para-hydroxylation sites is 1. The van der Waals surface area contributed by atoms with E-state index in [-0.39, 0.29) is 12.0 Å². The maximum atomic E-state index is 13.9. The summed E-state index contributed by atoms with van der Waals surface area (Å²) in [6, 6.07) is 42.1. The lowest BCUT2D eigenvalue weighted by Crippen LogP contribution is -2.40. The van der Waals surface area contributed by atoms with Crippen LogP contribution in [0.25, 0.3) is 50.6 Å². The first-order valence-corrected chi connectivity index (χ1v) is 16.6. The molecule has 0 saturated carbocycles. The van der Waals surface area contributed by atoms with E-state index in [2.05, 4.69) is 133 Å². The highest BCUT2D eigenvalue weighted by Gasteiger charge is 2.34. The molecule has 1 N–H and O–H groups in total. The first-order valence-electron chi connectivity index (χ1n) is 16.6. The van der Waals surface area contributed by atoms with Gasteiger partial charge in [-0.15, -0.1) is 0 Å². The van der Waals surface area contributed by atoms with Crippen LogP contribution in [-0.4, -0.2) is 15.8 Å². The van der Waals surface area contributed by atoms with Gasteiger partial charge in [-0.25, -0.2) is 19.4 Å². The summed E-state index contributed by atoms with van der Waals surface area (Å²) in [5.74, 6) is 1.83. The molecule has 9 rings (SSSR count). The molecular weight excluding hydrogens is 606 g/mol. The van der Waals surface area contributed by atoms with Crippen molar-refractivity contribution in [1.82, 2.24) is 15.4 Å². The van der Waals surface area contributed by atoms with Crippen molar-refractivity contribution in [2.75, 3.05) is 5.01 Å². The Kier molecular flexibility index (Phi) is 7.10. The molecule has 6 aromatic rings. The molecule has 6 heteroatoms. The Hall–Kier alpha value is -5.98. The van der Waals surface area contributed by atoms with Gasteiger partial charge in [0.05, 0.1) is 17.1 Å². The number of benzene rings is 5. The number of aliphatic imine (C=N–C) groups is 1. The van der Waals surface area contributed by atoms with Gasteiger partial charge in [-0.3, -0.25) is 5.01 Å². The molecule has 3 aliphatic rings. The highest BCUT2D eigenvalue weighted by molar-refractivity contribution is 6.19. The first kappa shape index (κ1) is 29.2. The Balaban J connectivity index is 1.05. The molecule has 0 bridgehead atoms. The number of nitrogens with zero attached hydrogens (tertiary/aromatic N) is 4. The monoisotopic (exact) mass is 637 g/mol. The number of rotatable bonds is 5. The average Bonchev–Trinajstić information content (AvgIpc) is 3.62. The SMILES string of the molecule is CC1C=CC(c2ccc(-c3nc(-c4ccc(F)cc4)cc(-c4ccc(C5N=C6c7ccccc7-c7ccccc7N6N5)cc4)n3)cc2)=CC1. The number of aromatic nitrogens is 2. The molecule has 0 spiro atoms. The minimum atomic E-state index is -0.280. The Morgan fingerprint density at radius 1 is 0.673 bits per heavy atom. The third kappa shape index (κ3) is 5.36. The minimum absolute atomic E-state index is 0.241. The highest BCUT2D eigenvalue weighted by Crippen LogP contribution is 2.41. The molecular formula is C43H32FN5. The normalized spacial score (nSPS) is 17.6. The summed E-state index contributed by atoms with van der Waals surface area (Å²) in [7, 11) is 0. The van der Waals surface area contributed by atoms with Gasteiger partial charge in [-0.2, -0.15) is 5.43 Å². The summed E-state index contributed by atoms with van der Waals surface area (Å²) in [6.07, 6.45) is 7.56. The fourth-order valence-electron chi connectivity index (χ4n) is 6.81. The van der Waals surface area contributed by atoms with Gasteiger partial charge in [0.2, 0.25) is 0 Å². The number of amidine groups is 1. The van der Waals surface area contributed by atoms with Gasteiger partial charge in [-0.1, -0.05) is 116 Å². The number of nitrogens with one attached hydrogen (secondary N) is 1. The van der Waals surface area contributed by atoms with Crippen LogP contribution in [0.2, 0.25) is 0 Å². The van der Waals surface area contributed by atoms with Gasteiger partial charge in [0.1, 0.15) is 12.0 Å². The van der Waals surface area contributed by atoms with Crippen molar-refractivity contribution < 1.29 is 4.39 Å². The number of hydrogen-bond acceptors (Lipinski definition) is 5. The van der Waals surface area contributed by atoms with Gasteiger partial charge in [0, 0.05) is 27.8 Å². The molecule has 49 heavy (non-hydrogen) atoms. The molecule has 236 valence electrons. The van der Waals surface area contributed by atoms with Crippen LogP contribution in [0.3, 0.4) is 0 Å². The van der Waals surface area contributed by atoms with Gasteiger partial charge in [-0.05, 0) is 71.0 Å². The van der Waals surface area contributed by atoms with Crippen LogP contribution in [0, 0.1) is 11.7 Å². The van der Waals surface area contributed by atoms with Gasteiger partial charge < -0.3 is 0 Å². The number of allylic oxidation sites excluding steroid dienone is 4. The Bertz CT molecular complexity index is 2300. The first-order chi connectivity index (χ1) is 24.1. The Morgan fingerprint density at radius 3 is 1.98 bits per heavy atom. The van der Waals surface area contributed by atoms with Gasteiger partial charge in [0.15, 0.2) is 11.7 Å². The molecule has 2 atom stereocenters. The van der Waals surface area contributed by atoms with Crippen molar-refractivity contribution in [3.8, 4) is 45.0 Å². The largest absolute Gasteiger partial charge is 0.256 e. The Morgan fingerprint density at radius 2 is 1.29 bits per heavy atom. The molecule has 0 saturated heterocycles. The topological polar surface area (TPSA) is 53.4 Å². The van der Waals surface area contributed by atoms with Gasteiger partial charge in [0.25, 0.3) is 0 Å². The number of anilines is 1. The summed E-state index contributed by atoms with van der Waals surface area (Å²) in [4.78, 5) is 15.1. The lowest BCUT2D eigenvalue weighted by Gasteiger charge is -2.30. The van der Waals surface area contributed by atoms with Crippen molar-refractivity contribution >= 4 is 17.1 Å². The average molecular weight is 638 g/mol.